The second-order valence-corrected chi connectivity index (χ2v) is 5.76. The van der Waals surface area contributed by atoms with E-state index in [1.54, 1.807) is 24.1 Å². The molecule has 0 bridgehead atoms. The predicted molar refractivity (Wildman–Crippen MR) is 85.8 cm³/mol. The maximum atomic E-state index is 12.6. The molecule has 126 valence electrons. The highest BCUT2D eigenvalue weighted by atomic mass is 16.5. The number of carbonyl (C=O) groups excluding carboxylic acids is 1. The summed E-state index contributed by atoms with van der Waals surface area (Å²) in [5.41, 5.74) is 0.0150. The van der Waals surface area contributed by atoms with Crippen LogP contribution in [-0.4, -0.2) is 49.7 Å². The molecule has 3 heterocycles. The van der Waals surface area contributed by atoms with Crippen LogP contribution in [0, 0.1) is 6.92 Å². The fourth-order valence-electron chi connectivity index (χ4n) is 2.67. The molecule has 0 saturated carbocycles. The third-order valence-corrected chi connectivity index (χ3v) is 3.88. The molecule has 0 spiro atoms. The van der Waals surface area contributed by atoms with Gasteiger partial charge in [0.05, 0.1) is 6.54 Å². The van der Waals surface area contributed by atoms with Crippen LogP contribution in [0.5, 0.6) is 5.88 Å². The van der Waals surface area contributed by atoms with E-state index < -0.39 is 0 Å². The number of nitrogens with zero attached hydrogens (tertiary/aromatic N) is 5. The minimum Gasteiger partial charge on any atom is -0.472 e. The first-order valence-electron chi connectivity index (χ1n) is 7.83. The van der Waals surface area contributed by atoms with Gasteiger partial charge in [0.15, 0.2) is 0 Å². The smallest absolute Gasteiger partial charge is 0.274 e. The average Bonchev–Trinajstić information content (AvgIpc) is 2.57. The van der Waals surface area contributed by atoms with Gasteiger partial charge in [0, 0.05) is 31.9 Å². The van der Waals surface area contributed by atoms with E-state index in [2.05, 4.69) is 15.1 Å². The summed E-state index contributed by atoms with van der Waals surface area (Å²) in [5.74, 6) is 0.963. The molecule has 0 aromatic carbocycles. The van der Waals surface area contributed by atoms with Crippen molar-refractivity contribution in [2.24, 2.45) is 7.05 Å². The molecule has 8 heteroatoms. The van der Waals surface area contributed by atoms with Crippen molar-refractivity contribution < 1.29 is 9.53 Å². The standard InChI is InChI=1S/C16H19N5O3/c1-11-17-8-7-14(18-11)24-12-4-3-9-21(10-12)16(23)13-5-6-15(22)20(2)19-13/h5-8,12H,3-4,9-10H2,1-2H3. The summed E-state index contributed by atoms with van der Waals surface area (Å²) in [5, 5.41) is 4.02. The summed E-state index contributed by atoms with van der Waals surface area (Å²) in [6.45, 7) is 2.91. The van der Waals surface area contributed by atoms with Crippen LogP contribution in [0.2, 0.25) is 0 Å². The largest absolute Gasteiger partial charge is 0.472 e. The van der Waals surface area contributed by atoms with E-state index in [4.69, 9.17) is 4.74 Å². The lowest BCUT2D eigenvalue weighted by Crippen LogP contribution is -2.45. The summed E-state index contributed by atoms with van der Waals surface area (Å²) >= 11 is 0. The Labute approximate surface area is 139 Å². The highest BCUT2D eigenvalue weighted by molar-refractivity contribution is 5.92. The van der Waals surface area contributed by atoms with Crippen molar-refractivity contribution >= 4 is 5.91 Å². The lowest BCUT2D eigenvalue weighted by Gasteiger charge is -2.32. The third kappa shape index (κ3) is 3.58. The van der Waals surface area contributed by atoms with Gasteiger partial charge < -0.3 is 9.64 Å². The second-order valence-electron chi connectivity index (χ2n) is 5.76. The van der Waals surface area contributed by atoms with Gasteiger partial charge in [-0.2, -0.15) is 10.1 Å². The van der Waals surface area contributed by atoms with Crippen molar-refractivity contribution in [1.29, 1.82) is 0 Å². The first-order chi connectivity index (χ1) is 11.5. The van der Waals surface area contributed by atoms with Gasteiger partial charge in [-0.15, -0.1) is 0 Å². The zero-order valence-electron chi connectivity index (χ0n) is 13.7. The van der Waals surface area contributed by atoms with E-state index in [1.165, 1.54) is 19.2 Å². The normalized spacial score (nSPS) is 17.6. The Morgan fingerprint density at radius 1 is 1.33 bits per heavy atom. The van der Waals surface area contributed by atoms with Crippen LogP contribution in [0.1, 0.15) is 29.2 Å². The van der Waals surface area contributed by atoms with Gasteiger partial charge in [0.1, 0.15) is 17.6 Å². The van der Waals surface area contributed by atoms with Gasteiger partial charge >= 0.3 is 0 Å². The third-order valence-electron chi connectivity index (χ3n) is 3.88. The molecular weight excluding hydrogens is 310 g/mol. The Hall–Kier alpha value is -2.77. The van der Waals surface area contributed by atoms with Crippen LogP contribution in [0.3, 0.4) is 0 Å². The number of aryl methyl sites for hydroxylation is 2. The number of ether oxygens (including phenoxy) is 1. The van der Waals surface area contributed by atoms with Crippen LogP contribution >= 0.6 is 0 Å². The van der Waals surface area contributed by atoms with Crippen LogP contribution in [0.4, 0.5) is 0 Å². The number of aromatic nitrogens is 4. The quantitative estimate of drug-likeness (QED) is 0.817. The summed E-state index contributed by atoms with van der Waals surface area (Å²) in [6.07, 6.45) is 3.22. The van der Waals surface area contributed by atoms with Crippen molar-refractivity contribution in [2.45, 2.75) is 25.9 Å². The lowest BCUT2D eigenvalue weighted by molar-refractivity contribution is 0.0519. The number of carbonyl (C=O) groups is 1. The summed E-state index contributed by atoms with van der Waals surface area (Å²) in [6, 6.07) is 4.52. The zero-order chi connectivity index (χ0) is 17.1. The molecule has 0 aliphatic carbocycles. The molecule has 0 radical (unpaired) electrons. The monoisotopic (exact) mass is 329 g/mol. The Bertz CT molecular complexity index is 804. The summed E-state index contributed by atoms with van der Waals surface area (Å²) in [7, 11) is 1.53. The molecule has 0 N–H and O–H groups in total. The fraction of sp³-hybridized carbons (Fsp3) is 0.438. The minimum atomic E-state index is -0.245. The number of hydrogen-bond donors (Lipinski definition) is 0. The van der Waals surface area contributed by atoms with Crippen molar-refractivity contribution in [3.63, 3.8) is 0 Å². The van der Waals surface area contributed by atoms with Crippen molar-refractivity contribution in [2.75, 3.05) is 13.1 Å². The molecular formula is C16H19N5O3. The fourth-order valence-corrected chi connectivity index (χ4v) is 2.67. The topological polar surface area (TPSA) is 90.2 Å². The molecule has 1 amide bonds. The van der Waals surface area contributed by atoms with Crippen LogP contribution in [-0.2, 0) is 7.05 Å². The first kappa shape index (κ1) is 16.1. The number of hydrogen-bond acceptors (Lipinski definition) is 6. The SMILES string of the molecule is Cc1nccc(OC2CCCN(C(=O)c3ccc(=O)n(C)n3)C2)n1. The lowest BCUT2D eigenvalue weighted by atomic mass is 10.1. The van der Waals surface area contributed by atoms with E-state index in [1.807, 2.05) is 0 Å². The van der Waals surface area contributed by atoms with Gasteiger partial charge in [-0.3, -0.25) is 9.59 Å². The number of rotatable bonds is 3. The number of amides is 1. The summed E-state index contributed by atoms with van der Waals surface area (Å²) < 4.78 is 7.04. The molecule has 1 unspecified atom stereocenters. The van der Waals surface area contributed by atoms with Crippen LogP contribution in [0.15, 0.2) is 29.2 Å². The van der Waals surface area contributed by atoms with Gasteiger partial charge in [-0.1, -0.05) is 0 Å². The molecule has 1 aliphatic heterocycles. The molecule has 24 heavy (non-hydrogen) atoms. The predicted octanol–water partition coefficient (Wildman–Crippen LogP) is 0.562. The van der Waals surface area contributed by atoms with E-state index in [9.17, 15) is 9.59 Å². The summed E-state index contributed by atoms with van der Waals surface area (Å²) in [4.78, 5) is 34.0. The molecule has 2 aromatic rings. The molecule has 1 aliphatic rings. The molecule has 8 nitrogen and oxygen atoms in total. The Balaban J connectivity index is 1.69. The molecule has 1 fully saturated rings. The Morgan fingerprint density at radius 3 is 2.92 bits per heavy atom. The zero-order valence-corrected chi connectivity index (χ0v) is 13.7. The highest BCUT2D eigenvalue weighted by Crippen LogP contribution is 2.17. The van der Waals surface area contributed by atoms with E-state index in [0.717, 1.165) is 17.5 Å². The van der Waals surface area contributed by atoms with E-state index >= 15 is 0 Å². The average molecular weight is 329 g/mol. The maximum Gasteiger partial charge on any atom is 0.274 e. The molecule has 3 rings (SSSR count). The van der Waals surface area contributed by atoms with Crippen molar-refractivity contribution in [3.05, 3.63) is 46.3 Å². The molecule has 1 saturated heterocycles. The second kappa shape index (κ2) is 6.77. The number of piperidine rings is 1. The van der Waals surface area contributed by atoms with Gasteiger partial charge in [0.25, 0.3) is 11.5 Å². The Morgan fingerprint density at radius 2 is 2.17 bits per heavy atom. The molecule has 2 aromatic heterocycles. The van der Waals surface area contributed by atoms with Crippen molar-refractivity contribution in [3.8, 4) is 5.88 Å². The number of likely N-dealkylation sites (tertiary alicyclic amines) is 1. The molecule has 1 atom stereocenters. The van der Waals surface area contributed by atoms with Crippen LogP contribution in [0.25, 0.3) is 0 Å². The van der Waals surface area contributed by atoms with Crippen molar-refractivity contribution in [1.82, 2.24) is 24.6 Å². The van der Waals surface area contributed by atoms with Gasteiger partial charge in [-0.05, 0) is 25.8 Å². The first-order valence-corrected chi connectivity index (χ1v) is 7.83. The highest BCUT2D eigenvalue weighted by Gasteiger charge is 2.27. The van der Waals surface area contributed by atoms with Gasteiger partial charge in [0.2, 0.25) is 5.88 Å². The van der Waals surface area contributed by atoms with Crippen LogP contribution < -0.4 is 10.3 Å². The Kier molecular flexibility index (Phi) is 4.54. The van der Waals surface area contributed by atoms with Gasteiger partial charge in [-0.25, -0.2) is 9.67 Å². The van der Waals surface area contributed by atoms with E-state index in [-0.39, 0.29) is 23.3 Å². The minimum absolute atomic E-state index is 0.121. The maximum absolute atomic E-state index is 12.6. The van der Waals surface area contributed by atoms with E-state index in [0.29, 0.717) is 24.8 Å².